The number of hydrogen-bond donors (Lipinski definition) is 0. The number of likely N-dealkylation sites (N-methyl/N-ethyl adjacent to an activating group) is 1. The second-order valence-corrected chi connectivity index (χ2v) is 6.72. The summed E-state index contributed by atoms with van der Waals surface area (Å²) in [6.45, 7) is 8.70. The zero-order valence-electron chi connectivity index (χ0n) is 14.3. The number of allylic oxidation sites excluding steroid dienone is 1. The fourth-order valence-corrected chi connectivity index (χ4v) is 3.67. The van der Waals surface area contributed by atoms with Crippen LogP contribution >= 0.6 is 11.3 Å². The van der Waals surface area contributed by atoms with E-state index in [1.165, 1.54) is 0 Å². The number of benzene rings is 1. The molecular formula is C18H24N4OS. The van der Waals surface area contributed by atoms with Gasteiger partial charge in [-0.15, -0.1) is 23.0 Å². The SMILES string of the molecule is C=CCn1c(-c2ccc(OC)cc2)cs/c1=N\N1CCN(C)CC1. The Balaban J connectivity index is 1.93. The largest absolute Gasteiger partial charge is 0.497 e. The summed E-state index contributed by atoms with van der Waals surface area (Å²) in [5.41, 5.74) is 2.32. The molecule has 3 rings (SSSR count). The molecule has 0 spiro atoms. The van der Waals surface area contributed by atoms with E-state index in [0.29, 0.717) is 0 Å². The first-order chi connectivity index (χ1) is 11.7. The minimum atomic E-state index is 0.747. The Bertz CT molecular complexity index is 739. The van der Waals surface area contributed by atoms with Crippen LogP contribution in [-0.4, -0.2) is 54.8 Å². The highest BCUT2D eigenvalue weighted by Crippen LogP contribution is 2.23. The lowest BCUT2D eigenvalue weighted by atomic mass is 10.1. The predicted molar refractivity (Wildman–Crippen MR) is 99.1 cm³/mol. The summed E-state index contributed by atoms with van der Waals surface area (Å²) in [7, 11) is 3.84. The van der Waals surface area contributed by atoms with Crippen molar-refractivity contribution in [3.05, 3.63) is 47.1 Å². The first-order valence-electron chi connectivity index (χ1n) is 8.13. The van der Waals surface area contributed by atoms with Crippen LogP contribution < -0.4 is 9.54 Å². The Morgan fingerprint density at radius 1 is 1.21 bits per heavy atom. The fourth-order valence-electron chi connectivity index (χ4n) is 2.72. The van der Waals surface area contributed by atoms with Crippen LogP contribution in [-0.2, 0) is 6.54 Å². The molecular weight excluding hydrogens is 320 g/mol. The van der Waals surface area contributed by atoms with Crippen molar-refractivity contribution in [3.8, 4) is 17.0 Å². The maximum Gasteiger partial charge on any atom is 0.208 e. The van der Waals surface area contributed by atoms with Gasteiger partial charge in [0.2, 0.25) is 4.80 Å². The lowest BCUT2D eigenvalue weighted by Gasteiger charge is -2.29. The molecule has 0 unspecified atom stereocenters. The molecule has 0 aliphatic carbocycles. The molecule has 0 atom stereocenters. The van der Waals surface area contributed by atoms with Crippen molar-refractivity contribution in [2.45, 2.75) is 6.54 Å². The van der Waals surface area contributed by atoms with E-state index in [0.717, 1.165) is 54.5 Å². The van der Waals surface area contributed by atoms with Crippen LogP contribution in [0.1, 0.15) is 0 Å². The van der Waals surface area contributed by atoms with E-state index in [9.17, 15) is 0 Å². The first-order valence-corrected chi connectivity index (χ1v) is 9.01. The van der Waals surface area contributed by atoms with Gasteiger partial charge in [-0.05, 0) is 36.9 Å². The molecule has 0 bridgehead atoms. The summed E-state index contributed by atoms with van der Waals surface area (Å²) < 4.78 is 7.47. The smallest absolute Gasteiger partial charge is 0.208 e. The van der Waals surface area contributed by atoms with Crippen molar-refractivity contribution >= 4 is 11.3 Å². The summed E-state index contributed by atoms with van der Waals surface area (Å²) in [6.07, 6.45) is 1.92. The van der Waals surface area contributed by atoms with Gasteiger partial charge in [0, 0.05) is 38.1 Å². The van der Waals surface area contributed by atoms with E-state index in [1.54, 1.807) is 18.4 Å². The van der Waals surface area contributed by atoms with Crippen molar-refractivity contribution in [1.29, 1.82) is 0 Å². The molecule has 1 saturated heterocycles. The zero-order chi connectivity index (χ0) is 16.9. The highest BCUT2D eigenvalue weighted by molar-refractivity contribution is 7.07. The van der Waals surface area contributed by atoms with Gasteiger partial charge in [-0.3, -0.25) is 5.01 Å². The third-order valence-electron chi connectivity index (χ3n) is 4.20. The van der Waals surface area contributed by atoms with Gasteiger partial charge in [-0.25, -0.2) is 0 Å². The number of hydrogen-bond acceptors (Lipinski definition) is 5. The van der Waals surface area contributed by atoms with Gasteiger partial charge < -0.3 is 14.2 Å². The third kappa shape index (κ3) is 3.71. The second-order valence-electron chi connectivity index (χ2n) is 5.89. The molecule has 0 radical (unpaired) electrons. The highest BCUT2D eigenvalue weighted by Gasteiger charge is 2.13. The standard InChI is InChI=1S/C18H24N4OS/c1-4-9-22-17(15-5-7-16(23-3)8-6-15)14-24-18(22)19-21-12-10-20(2)11-13-21/h4-8,14H,1,9-13H2,2-3H3/b19-18-. The van der Waals surface area contributed by atoms with Gasteiger partial charge in [0.25, 0.3) is 0 Å². The number of methoxy groups -OCH3 is 1. The van der Waals surface area contributed by atoms with E-state index in [2.05, 4.69) is 45.6 Å². The lowest BCUT2D eigenvalue weighted by molar-refractivity contribution is 0.153. The number of nitrogens with zero attached hydrogens (tertiary/aromatic N) is 4. The Morgan fingerprint density at radius 2 is 1.92 bits per heavy atom. The molecule has 24 heavy (non-hydrogen) atoms. The Morgan fingerprint density at radius 3 is 2.54 bits per heavy atom. The zero-order valence-corrected chi connectivity index (χ0v) is 15.1. The topological polar surface area (TPSA) is 33.0 Å². The average Bonchev–Trinajstić information content (AvgIpc) is 3.00. The Kier molecular flexibility index (Phi) is 5.37. The maximum absolute atomic E-state index is 5.25. The minimum Gasteiger partial charge on any atom is -0.497 e. The van der Waals surface area contributed by atoms with Crippen LogP contribution in [0.15, 0.2) is 47.4 Å². The van der Waals surface area contributed by atoms with Gasteiger partial charge >= 0.3 is 0 Å². The molecule has 0 N–H and O–H groups in total. The molecule has 0 saturated carbocycles. The summed E-state index contributed by atoms with van der Waals surface area (Å²) in [5, 5.41) is 9.20. The van der Waals surface area contributed by atoms with Crippen LogP contribution in [0.5, 0.6) is 5.75 Å². The molecule has 1 aromatic heterocycles. The average molecular weight is 344 g/mol. The van der Waals surface area contributed by atoms with Crippen molar-refractivity contribution in [3.63, 3.8) is 0 Å². The van der Waals surface area contributed by atoms with Crippen molar-refractivity contribution in [1.82, 2.24) is 14.5 Å². The van der Waals surface area contributed by atoms with E-state index in [1.807, 2.05) is 18.2 Å². The molecule has 1 aromatic carbocycles. The molecule has 6 heteroatoms. The number of aromatic nitrogens is 1. The summed E-state index contributed by atoms with van der Waals surface area (Å²) >= 11 is 1.68. The molecule has 5 nitrogen and oxygen atoms in total. The predicted octanol–water partition coefficient (Wildman–Crippen LogP) is 2.47. The van der Waals surface area contributed by atoms with E-state index >= 15 is 0 Å². The van der Waals surface area contributed by atoms with Crippen LogP contribution in [0.3, 0.4) is 0 Å². The van der Waals surface area contributed by atoms with Crippen LogP contribution in [0.25, 0.3) is 11.3 Å². The van der Waals surface area contributed by atoms with Gasteiger partial charge in [0.1, 0.15) is 5.75 Å². The Labute approximate surface area is 147 Å². The monoisotopic (exact) mass is 344 g/mol. The third-order valence-corrected chi connectivity index (χ3v) is 5.06. The molecule has 2 heterocycles. The molecule has 1 fully saturated rings. The normalized spacial score (nSPS) is 16.4. The number of piperazine rings is 1. The van der Waals surface area contributed by atoms with E-state index < -0.39 is 0 Å². The van der Waals surface area contributed by atoms with E-state index in [-0.39, 0.29) is 0 Å². The van der Waals surface area contributed by atoms with Gasteiger partial charge in [0.05, 0.1) is 12.8 Å². The summed E-state index contributed by atoms with van der Waals surface area (Å²) in [4.78, 5) is 3.35. The fraction of sp³-hybridized carbons (Fsp3) is 0.389. The number of ether oxygens (including phenoxy) is 1. The van der Waals surface area contributed by atoms with Gasteiger partial charge in [-0.1, -0.05) is 6.08 Å². The van der Waals surface area contributed by atoms with Crippen LogP contribution in [0.2, 0.25) is 0 Å². The molecule has 128 valence electrons. The Hall–Kier alpha value is -2.05. The second kappa shape index (κ2) is 7.68. The summed E-state index contributed by atoms with van der Waals surface area (Å²) in [5.74, 6) is 0.867. The van der Waals surface area contributed by atoms with Crippen molar-refractivity contribution in [2.75, 3.05) is 40.3 Å². The number of rotatable bonds is 5. The van der Waals surface area contributed by atoms with Crippen LogP contribution in [0.4, 0.5) is 0 Å². The molecule has 2 aromatic rings. The molecule has 0 amide bonds. The van der Waals surface area contributed by atoms with Crippen molar-refractivity contribution in [2.24, 2.45) is 5.10 Å². The highest BCUT2D eigenvalue weighted by atomic mass is 32.1. The minimum absolute atomic E-state index is 0.747. The lowest BCUT2D eigenvalue weighted by Crippen LogP contribution is -2.42. The quantitative estimate of drug-likeness (QED) is 0.781. The first kappa shape index (κ1) is 16.8. The van der Waals surface area contributed by atoms with Gasteiger partial charge in [-0.2, -0.15) is 0 Å². The summed E-state index contributed by atoms with van der Waals surface area (Å²) in [6, 6.07) is 8.14. The van der Waals surface area contributed by atoms with Crippen LogP contribution in [0, 0.1) is 0 Å². The molecule has 1 aliphatic rings. The van der Waals surface area contributed by atoms with E-state index in [4.69, 9.17) is 9.84 Å². The molecule has 1 aliphatic heterocycles. The number of thiazole rings is 1. The van der Waals surface area contributed by atoms with Crippen molar-refractivity contribution < 1.29 is 4.74 Å². The van der Waals surface area contributed by atoms with Gasteiger partial charge in [0.15, 0.2) is 0 Å². The maximum atomic E-state index is 5.25.